The molecule has 0 radical (unpaired) electrons. The number of nitrogens with zero attached hydrogens (tertiary/aromatic N) is 1. The summed E-state index contributed by atoms with van der Waals surface area (Å²) in [5.41, 5.74) is 8.72. The molecule has 1 fully saturated rings. The van der Waals surface area contributed by atoms with Crippen LogP contribution in [0.15, 0.2) is 12.1 Å². The number of aliphatic hydroxyl groups is 1. The van der Waals surface area contributed by atoms with Crippen LogP contribution >= 0.6 is 12.4 Å². The normalized spacial score (nSPS) is 25.5. The van der Waals surface area contributed by atoms with Crippen LogP contribution < -0.4 is 5.73 Å². The van der Waals surface area contributed by atoms with E-state index in [-0.39, 0.29) is 31.5 Å². The van der Waals surface area contributed by atoms with E-state index in [0.29, 0.717) is 25.1 Å². The van der Waals surface area contributed by atoms with Crippen molar-refractivity contribution in [1.29, 1.82) is 0 Å². The summed E-state index contributed by atoms with van der Waals surface area (Å²) in [6.45, 7) is 3.44. The number of cyclic esters (lactones) is 1. The number of aliphatic hydroxyl groups excluding tert-OH is 1. The van der Waals surface area contributed by atoms with E-state index in [0.717, 1.165) is 16.7 Å². The number of benzene rings is 1. The minimum absolute atomic E-state index is 0. The molecule has 128 valence electrons. The summed E-state index contributed by atoms with van der Waals surface area (Å²) in [6, 6.07) is 3.05. The van der Waals surface area contributed by atoms with E-state index < -0.39 is 18.3 Å². The van der Waals surface area contributed by atoms with Crippen LogP contribution in [0.5, 0.6) is 0 Å². The van der Waals surface area contributed by atoms with Gasteiger partial charge in [0.1, 0.15) is 12.8 Å². The van der Waals surface area contributed by atoms with Gasteiger partial charge in [0.15, 0.2) is 0 Å². The monoisotopic (exact) mass is 344 g/mol. The fourth-order valence-corrected chi connectivity index (χ4v) is 3.22. The number of ether oxygens (including phenoxy) is 1. The number of hydrogen-bond acceptors (Lipinski definition) is 5. The zero-order valence-corrected chi connectivity index (χ0v) is 13.8. The van der Waals surface area contributed by atoms with Crippen molar-refractivity contribution in [2.24, 2.45) is 5.73 Å². The van der Waals surface area contributed by atoms with E-state index in [4.69, 9.17) is 10.5 Å². The van der Waals surface area contributed by atoms with Crippen LogP contribution in [-0.4, -0.2) is 47.8 Å². The first-order valence-electron chi connectivity index (χ1n) is 7.57. The molecule has 23 heavy (non-hydrogen) atoms. The number of carbonyl (C=O) groups excluding carboxylic acids is 1. The van der Waals surface area contributed by atoms with Crippen LogP contribution in [0.1, 0.15) is 39.6 Å². The molecule has 2 heterocycles. The molecular formula is C16H22ClFN2O3. The first kappa shape index (κ1) is 18.1. The highest BCUT2D eigenvalue weighted by Crippen LogP contribution is 2.29. The van der Waals surface area contributed by atoms with E-state index in [1.54, 1.807) is 12.1 Å². The van der Waals surface area contributed by atoms with Gasteiger partial charge in [0.25, 0.3) is 0 Å². The second kappa shape index (κ2) is 7.13. The molecule has 7 heteroatoms. The van der Waals surface area contributed by atoms with Gasteiger partial charge in [-0.1, -0.05) is 6.07 Å². The molecule has 0 spiro atoms. The molecular weight excluding hydrogens is 323 g/mol. The molecule has 2 aliphatic rings. The first-order valence-corrected chi connectivity index (χ1v) is 7.57. The second-order valence-electron chi connectivity index (χ2n) is 6.13. The summed E-state index contributed by atoms with van der Waals surface area (Å²) >= 11 is 0. The third-order valence-electron chi connectivity index (χ3n) is 4.67. The van der Waals surface area contributed by atoms with Crippen molar-refractivity contribution in [3.8, 4) is 0 Å². The molecule has 2 aliphatic heterocycles. The molecule has 0 unspecified atom stereocenters. The van der Waals surface area contributed by atoms with Gasteiger partial charge in [-0.15, -0.1) is 12.4 Å². The van der Waals surface area contributed by atoms with E-state index in [1.807, 2.05) is 11.8 Å². The second-order valence-corrected chi connectivity index (χ2v) is 6.13. The molecule has 1 saturated heterocycles. The Morgan fingerprint density at radius 2 is 2.26 bits per heavy atom. The third-order valence-corrected chi connectivity index (χ3v) is 4.67. The maximum absolute atomic E-state index is 13.7. The smallest absolute Gasteiger partial charge is 0.338 e. The molecule has 3 atom stereocenters. The van der Waals surface area contributed by atoms with E-state index in [9.17, 15) is 14.3 Å². The summed E-state index contributed by atoms with van der Waals surface area (Å²) in [5.74, 6) is -0.315. The molecule has 0 bridgehead atoms. The van der Waals surface area contributed by atoms with Gasteiger partial charge in [-0.25, -0.2) is 9.18 Å². The van der Waals surface area contributed by atoms with Crippen LogP contribution in [-0.2, 0) is 11.3 Å². The topological polar surface area (TPSA) is 75.8 Å². The number of alkyl halides is 1. The van der Waals surface area contributed by atoms with Crippen LogP contribution in [0.25, 0.3) is 0 Å². The van der Waals surface area contributed by atoms with Gasteiger partial charge in [-0.3, -0.25) is 4.90 Å². The highest BCUT2D eigenvalue weighted by atomic mass is 35.5. The third kappa shape index (κ3) is 3.50. The van der Waals surface area contributed by atoms with Gasteiger partial charge in [-0.05, 0) is 37.1 Å². The molecule has 5 nitrogen and oxygen atoms in total. The lowest BCUT2D eigenvalue weighted by atomic mass is 9.94. The minimum Gasteiger partial charge on any atom is -0.457 e. The number of halogens is 2. The standard InChI is InChI=1S/C16H21FN2O3.ClH/c1-9-10(2-3-11-12(9)8-22-16(11)21)15(20)7-19-5-4-14(18)13(17)6-19;/h2-3,13-15,20H,4-8,18H2,1H3;1H/t13-,14-,15+;/m1./s1. The molecule has 1 aromatic rings. The fourth-order valence-electron chi connectivity index (χ4n) is 3.22. The van der Waals surface area contributed by atoms with E-state index >= 15 is 0 Å². The summed E-state index contributed by atoms with van der Waals surface area (Å²) in [5, 5.41) is 10.5. The van der Waals surface area contributed by atoms with Crippen LogP contribution in [0.2, 0.25) is 0 Å². The molecule has 1 aromatic carbocycles. The van der Waals surface area contributed by atoms with Crippen molar-refractivity contribution in [3.63, 3.8) is 0 Å². The van der Waals surface area contributed by atoms with Crippen LogP contribution in [0.3, 0.4) is 0 Å². The predicted molar refractivity (Wildman–Crippen MR) is 86.4 cm³/mol. The SMILES string of the molecule is Cc1c([C@@H](O)CN2CC[C@@H](N)[C@H](F)C2)ccc2c1COC2=O.Cl. The van der Waals surface area contributed by atoms with Gasteiger partial charge < -0.3 is 15.6 Å². The maximum Gasteiger partial charge on any atom is 0.338 e. The molecule has 3 N–H and O–H groups in total. The Balaban J connectivity index is 0.00000192. The van der Waals surface area contributed by atoms with Crippen molar-refractivity contribution < 1.29 is 19.0 Å². The Morgan fingerprint density at radius 1 is 1.52 bits per heavy atom. The largest absolute Gasteiger partial charge is 0.457 e. The Hall–Kier alpha value is -1.21. The Labute approximate surface area is 141 Å². The Kier molecular flexibility index (Phi) is 5.62. The quantitative estimate of drug-likeness (QED) is 0.813. The predicted octanol–water partition coefficient (Wildman–Crippen LogP) is 1.49. The zero-order chi connectivity index (χ0) is 15.9. The number of fused-ring (bicyclic) bond motifs is 1. The number of nitrogens with two attached hydrogens (primary N) is 1. The summed E-state index contributed by atoms with van der Waals surface area (Å²) in [4.78, 5) is 13.4. The first-order chi connectivity index (χ1) is 10.5. The lowest BCUT2D eigenvalue weighted by Gasteiger charge is -2.34. The average molecular weight is 345 g/mol. The van der Waals surface area contributed by atoms with Crippen LogP contribution in [0.4, 0.5) is 4.39 Å². The van der Waals surface area contributed by atoms with Gasteiger partial charge in [0.05, 0.1) is 11.7 Å². The average Bonchev–Trinajstić information content (AvgIpc) is 2.86. The fraction of sp³-hybridized carbons (Fsp3) is 0.562. The minimum atomic E-state index is -1.05. The lowest BCUT2D eigenvalue weighted by Crippen LogP contribution is -2.49. The summed E-state index contributed by atoms with van der Waals surface area (Å²) < 4.78 is 18.7. The van der Waals surface area contributed by atoms with E-state index in [1.165, 1.54) is 0 Å². The lowest BCUT2D eigenvalue weighted by molar-refractivity contribution is 0.0535. The Morgan fingerprint density at radius 3 is 2.96 bits per heavy atom. The van der Waals surface area contributed by atoms with Crippen LogP contribution in [0, 0.1) is 6.92 Å². The van der Waals surface area contributed by atoms with Crippen molar-refractivity contribution >= 4 is 18.4 Å². The highest BCUT2D eigenvalue weighted by Gasteiger charge is 2.29. The number of rotatable bonds is 3. The van der Waals surface area contributed by atoms with Gasteiger partial charge in [0.2, 0.25) is 0 Å². The molecule has 0 amide bonds. The van der Waals surface area contributed by atoms with Crippen molar-refractivity contribution in [1.82, 2.24) is 4.90 Å². The molecule has 0 saturated carbocycles. The molecule has 0 aliphatic carbocycles. The summed E-state index contributed by atoms with van der Waals surface area (Å²) in [6.07, 6.45) is -1.17. The van der Waals surface area contributed by atoms with Crippen molar-refractivity contribution in [2.75, 3.05) is 19.6 Å². The maximum atomic E-state index is 13.7. The number of esters is 1. The molecule has 0 aromatic heterocycles. The number of carbonyl (C=O) groups is 1. The van der Waals surface area contributed by atoms with Gasteiger partial charge in [0, 0.05) is 24.7 Å². The number of piperidine rings is 1. The summed E-state index contributed by atoms with van der Waals surface area (Å²) in [7, 11) is 0. The van der Waals surface area contributed by atoms with Crippen molar-refractivity contribution in [2.45, 2.75) is 38.3 Å². The van der Waals surface area contributed by atoms with E-state index in [2.05, 4.69) is 0 Å². The Bertz CT molecular complexity index is 599. The van der Waals surface area contributed by atoms with Gasteiger partial charge >= 0.3 is 5.97 Å². The zero-order valence-electron chi connectivity index (χ0n) is 13.0. The molecule has 3 rings (SSSR count). The number of hydrogen-bond donors (Lipinski definition) is 2. The number of likely N-dealkylation sites (tertiary alicyclic amines) is 1. The van der Waals surface area contributed by atoms with Gasteiger partial charge in [-0.2, -0.15) is 0 Å². The highest BCUT2D eigenvalue weighted by molar-refractivity contribution is 5.93. The van der Waals surface area contributed by atoms with Crippen molar-refractivity contribution in [3.05, 3.63) is 34.4 Å². The number of β-amino-alcohol motifs (C(OH)–C–C–N with tert-alkyl or cyclic N) is 1.